The van der Waals surface area contributed by atoms with Gasteiger partial charge in [0.1, 0.15) is 0 Å². The zero-order valence-corrected chi connectivity index (χ0v) is 10.9. The van der Waals surface area contributed by atoms with Crippen LogP contribution in [-0.2, 0) is 0 Å². The smallest absolute Gasteiger partial charge is 0.294 e. The van der Waals surface area contributed by atoms with Gasteiger partial charge < -0.3 is 0 Å². The molecule has 1 nitrogen and oxygen atoms in total. The number of halogens is 3. The lowest BCUT2D eigenvalue weighted by Gasteiger charge is -2.11. The number of thioether (sulfide) groups is 2. The van der Waals surface area contributed by atoms with Gasteiger partial charge in [0.05, 0.1) is 0 Å². The van der Waals surface area contributed by atoms with Crippen molar-refractivity contribution in [1.82, 2.24) is 0 Å². The van der Waals surface area contributed by atoms with Crippen LogP contribution in [0.2, 0.25) is 0 Å². The number of carbonyl (C=O) groups is 1. The molecule has 0 saturated carbocycles. The van der Waals surface area contributed by atoms with Crippen molar-refractivity contribution in [2.75, 3.05) is 6.26 Å². The summed E-state index contributed by atoms with van der Waals surface area (Å²) in [6.07, 6.45) is 2.01. The van der Waals surface area contributed by atoms with Crippen LogP contribution in [0.25, 0.3) is 0 Å². The van der Waals surface area contributed by atoms with Gasteiger partial charge in [-0.1, -0.05) is 6.92 Å². The van der Waals surface area contributed by atoms with E-state index in [0.29, 0.717) is 0 Å². The fourth-order valence-electron chi connectivity index (χ4n) is 1.26. The summed E-state index contributed by atoms with van der Waals surface area (Å²) in [7, 11) is 0. The summed E-state index contributed by atoms with van der Waals surface area (Å²) in [6, 6.07) is 4.46. The number of Topliss-reactive ketones (excluding diaryl/α,β-unsaturated/α-hetero) is 1. The van der Waals surface area contributed by atoms with Crippen molar-refractivity contribution in [2.45, 2.75) is 28.6 Å². The molecule has 0 amide bonds. The zero-order chi connectivity index (χ0) is 13.1. The van der Waals surface area contributed by atoms with Crippen molar-refractivity contribution in [3.05, 3.63) is 23.8 Å². The molecule has 1 rings (SSSR count). The third-order valence-electron chi connectivity index (χ3n) is 2.03. The Hall–Kier alpha value is -0.620. The second-order valence-electron chi connectivity index (χ2n) is 3.19. The van der Waals surface area contributed by atoms with Gasteiger partial charge in [0.2, 0.25) is 0 Å². The molecule has 0 spiro atoms. The third-order valence-corrected chi connectivity index (χ3v) is 3.57. The predicted molar refractivity (Wildman–Crippen MR) is 64.8 cm³/mol. The van der Waals surface area contributed by atoms with E-state index >= 15 is 0 Å². The zero-order valence-electron chi connectivity index (χ0n) is 9.30. The summed E-state index contributed by atoms with van der Waals surface area (Å²) in [6.45, 7) is 1.64. The molecule has 94 valence electrons. The highest BCUT2D eigenvalue weighted by molar-refractivity contribution is 8.00. The molecule has 0 aliphatic heterocycles. The Morgan fingerprint density at radius 2 is 2.00 bits per heavy atom. The molecule has 0 aliphatic rings. The molecular weight excluding hydrogens is 269 g/mol. The minimum Gasteiger partial charge on any atom is -0.294 e. The number of alkyl halides is 3. The molecule has 0 N–H and O–H groups in total. The molecule has 0 radical (unpaired) electrons. The SMILES string of the molecule is CCC(=O)c1cc(SC)ccc1SC(F)(F)F. The van der Waals surface area contributed by atoms with Gasteiger partial charge in [-0.15, -0.1) is 11.8 Å². The molecule has 0 saturated heterocycles. The van der Waals surface area contributed by atoms with Crippen LogP contribution in [0.3, 0.4) is 0 Å². The van der Waals surface area contributed by atoms with Gasteiger partial charge in [-0.3, -0.25) is 4.79 Å². The Kier molecular flexibility index (Phi) is 4.94. The van der Waals surface area contributed by atoms with E-state index < -0.39 is 5.51 Å². The molecule has 0 heterocycles. The number of ketones is 1. The first kappa shape index (κ1) is 14.4. The van der Waals surface area contributed by atoms with Gasteiger partial charge in [0.15, 0.2) is 5.78 Å². The molecule has 6 heteroatoms. The second kappa shape index (κ2) is 5.82. The molecule has 0 bridgehead atoms. The second-order valence-corrected chi connectivity index (χ2v) is 5.17. The molecule has 0 aliphatic carbocycles. The molecule has 1 aromatic carbocycles. The average Bonchev–Trinajstić information content (AvgIpc) is 2.26. The van der Waals surface area contributed by atoms with Crippen LogP contribution in [0, 0.1) is 0 Å². The van der Waals surface area contributed by atoms with Gasteiger partial charge in [0.25, 0.3) is 0 Å². The first-order valence-electron chi connectivity index (χ1n) is 4.84. The van der Waals surface area contributed by atoms with Gasteiger partial charge in [0, 0.05) is 21.8 Å². The van der Waals surface area contributed by atoms with E-state index in [-0.39, 0.29) is 34.4 Å². The Morgan fingerprint density at radius 1 is 1.35 bits per heavy atom. The van der Waals surface area contributed by atoms with E-state index in [1.807, 2.05) is 6.26 Å². The largest absolute Gasteiger partial charge is 0.446 e. The van der Waals surface area contributed by atoms with Crippen molar-refractivity contribution in [3.63, 3.8) is 0 Å². The van der Waals surface area contributed by atoms with Crippen LogP contribution in [0.4, 0.5) is 13.2 Å². The van der Waals surface area contributed by atoms with Crippen LogP contribution in [0.15, 0.2) is 28.0 Å². The van der Waals surface area contributed by atoms with E-state index in [0.717, 1.165) is 4.90 Å². The maximum Gasteiger partial charge on any atom is 0.446 e. The van der Waals surface area contributed by atoms with Gasteiger partial charge in [-0.25, -0.2) is 0 Å². The van der Waals surface area contributed by atoms with Crippen molar-refractivity contribution in [1.29, 1.82) is 0 Å². The molecule has 1 aromatic rings. The minimum atomic E-state index is -4.37. The summed E-state index contributed by atoms with van der Waals surface area (Å²) >= 11 is 1.15. The van der Waals surface area contributed by atoms with E-state index in [1.54, 1.807) is 13.0 Å². The Morgan fingerprint density at radius 3 is 2.47 bits per heavy atom. The maximum atomic E-state index is 12.3. The van der Waals surface area contributed by atoms with Gasteiger partial charge >= 0.3 is 5.51 Å². The van der Waals surface area contributed by atoms with Gasteiger partial charge in [-0.2, -0.15) is 13.2 Å². The minimum absolute atomic E-state index is 0.0258. The molecule has 0 unspecified atom stereocenters. The molecule has 0 aromatic heterocycles. The monoisotopic (exact) mass is 280 g/mol. The van der Waals surface area contributed by atoms with E-state index in [1.165, 1.54) is 23.9 Å². The summed E-state index contributed by atoms with van der Waals surface area (Å²) in [5, 5.41) is 0. The van der Waals surface area contributed by atoms with E-state index in [2.05, 4.69) is 0 Å². The third kappa shape index (κ3) is 4.27. The van der Waals surface area contributed by atoms with Crippen molar-refractivity contribution < 1.29 is 18.0 Å². The number of hydrogen-bond acceptors (Lipinski definition) is 3. The normalized spacial score (nSPS) is 11.6. The molecular formula is C11H11F3OS2. The lowest BCUT2D eigenvalue weighted by molar-refractivity contribution is -0.0328. The van der Waals surface area contributed by atoms with E-state index in [4.69, 9.17) is 0 Å². The predicted octanol–water partition coefficient (Wildman–Crippen LogP) is 4.61. The van der Waals surface area contributed by atoms with Gasteiger partial charge in [-0.05, 0) is 36.2 Å². The standard InChI is InChI=1S/C11H11F3OS2/c1-3-9(15)8-6-7(16-2)4-5-10(8)17-11(12,13)14/h4-6H,3H2,1-2H3. The summed E-state index contributed by atoms with van der Waals surface area (Å²) in [5.74, 6) is -0.271. The Balaban J connectivity index is 3.15. The molecule has 17 heavy (non-hydrogen) atoms. The average molecular weight is 280 g/mol. The van der Waals surface area contributed by atoms with Crippen molar-refractivity contribution >= 4 is 29.3 Å². The lowest BCUT2D eigenvalue weighted by atomic mass is 10.1. The summed E-state index contributed by atoms with van der Waals surface area (Å²) in [4.78, 5) is 12.4. The summed E-state index contributed by atoms with van der Waals surface area (Å²) < 4.78 is 37.0. The maximum absolute atomic E-state index is 12.3. The number of rotatable bonds is 4. The molecule has 0 atom stereocenters. The first-order chi connectivity index (χ1) is 7.87. The van der Waals surface area contributed by atoms with Crippen LogP contribution in [-0.4, -0.2) is 17.5 Å². The highest BCUT2D eigenvalue weighted by Gasteiger charge is 2.31. The topological polar surface area (TPSA) is 17.1 Å². The van der Waals surface area contributed by atoms with Crippen molar-refractivity contribution in [3.8, 4) is 0 Å². The number of benzene rings is 1. The fourth-order valence-corrected chi connectivity index (χ4v) is 2.37. The quantitative estimate of drug-likeness (QED) is 0.592. The van der Waals surface area contributed by atoms with Crippen LogP contribution >= 0.6 is 23.5 Å². The first-order valence-corrected chi connectivity index (χ1v) is 6.88. The Labute approximate surface area is 106 Å². The highest BCUT2D eigenvalue weighted by Crippen LogP contribution is 2.39. The number of hydrogen-bond donors (Lipinski definition) is 0. The fraction of sp³-hybridized carbons (Fsp3) is 0.364. The van der Waals surface area contributed by atoms with Crippen molar-refractivity contribution in [2.24, 2.45) is 0 Å². The van der Waals surface area contributed by atoms with Crippen LogP contribution in [0.1, 0.15) is 23.7 Å². The van der Waals surface area contributed by atoms with Crippen LogP contribution < -0.4 is 0 Å². The number of carbonyl (C=O) groups excluding carboxylic acids is 1. The lowest BCUT2D eigenvalue weighted by Crippen LogP contribution is -2.05. The van der Waals surface area contributed by atoms with Crippen LogP contribution in [0.5, 0.6) is 0 Å². The Bertz CT molecular complexity index is 416. The summed E-state index contributed by atoms with van der Waals surface area (Å²) in [5.41, 5.74) is -4.22. The van der Waals surface area contributed by atoms with E-state index in [9.17, 15) is 18.0 Å². The molecule has 0 fully saturated rings. The highest BCUT2D eigenvalue weighted by atomic mass is 32.2.